The molecular weight excluding hydrogens is 300 g/mol. The van der Waals surface area contributed by atoms with E-state index in [1.165, 1.54) is 30.2 Å². The van der Waals surface area contributed by atoms with Crippen LogP contribution in [0.25, 0.3) is 4.96 Å². The van der Waals surface area contributed by atoms with Crippen molar-refractivity contribution in [1.29, 1.82) is 0 Å². The summed E-state index contributed by atoms with van der Waals surface area (Å²) < 4.78 is 2.14. The van der Waals surface area contributed by atoms with E-state index < -0.39 is 0 Å². The van der Waals surface area contributed by atoms with Gasteiger partial charge in [0.1, 0.15) is 0 Å². The summed E-state index contributed by atoms with van der Waals surface area (Å²) in [5, 5.41) is 5.84. The molecule has 0 saturated carbocycles. The number of aromatic nitrogens is 2. The van der Waals surface area contributed by atoms with Gasteiger partial charge in [0.25, 0.3) is 0 Å². The van der Waals surface area contributed by atoms with Crippen LogP contribution in [0, 0.1) is 0 Å². The zero-order valence-corrected chi connectivity index (χ0v) is 14.4. The van der Waals surface area contributed by atoms with Crippen molar-refractivity contribution in [3.8, 4) is 0 Å². The van der Waals surface area contributed by atoms with Gasteiger partial charge in [0, 0.05) is 54.3 Å². The Morgan fingerprint density at radius 1 is 1.52 bits per heavy atom. The second kappa shape index (κ2) is 7.13. The van der Waals surface area contributed by atoms with E-state index in [-0.39, 0.29) is 0 Å². The number of hydrogen-bond acceptors (Lipinski definition) is 5. The van der Waals surface area contributed by atoms with Gasteiger partial charge in [-0.15, -0.1) is 11.3 Å². The Bertz CT molecular complexity index is 536. The molecule has 1 aliphatic heterocycles. The van der Waals surface area contributed by atoms with Gasteiger partial charge in [-0.1, -0.05) is 6.92 Å². The molecule has 0 aromatic carbocycles. The second-order valence-electron chi connectivity index (χ2n) is 5.71. The van der Waals surface area contributed by atoms with Gasteiger partial charge in [-0.05, 0) is 20.0 Å². The number of hydrogen-bond donors (Lipinski definition) is 1. The molecule has 3 rings (SSSR count). The summed E-state index contributed by atoms with van der Waals surface area (Å²) in [5.74, 6) is 2.48. The minimum Gasteiger partial charge on any atom is -0.312 e. The first-order valence-corrected chi connectivity index (χ1v) is 9.74. The molecule has 3 heterocycles. The van der Waals surface area contributed by atoms with E-state index in [1.54, 1.807) is 11.3 Å². The Kier molecular flexibility index (Phi) is 5.21. The molecule has 0 aliphatic carbocycles. The average Bonchev–Trinajstić information content (AvgIpc) is 3.05. The van der Waals surface area contributed by atoms with E-state index in [4.69, 9.17) is 4.98 Å². The number of rotatable bonds is 6. The molecule has 1 N–H and O–H groups in total. The van der Waals surface area contributed by atoms with Crippen molar-refractivity contribution in [2.24, 2.45) is 0 Å². The van der Waals surface area contributed by atoms with Gasteiger partial charge >= 0.3 is 0 Å². The van der Waals surface area contributed by atoms with Crippen LogP contribution in [0.15, 0.2) is 17.8 Å². The average molecular weight is 325 g/mol. The normalized spacial score (nSPS) is 21.9. The Balaban J connectivity index is 1.73. The zero-order chi connectivity index (χ0) is 14.7. The molecule has 1 fully saturated rings. The fraction of sp³-hybridized carbons (Fsp3) is 0.667. The third kappa shape index (κ3) is 3.62. The van der Waals surface area contributed by atoms with Crippen LogP contribution < -0.4 is 5.32 Å². The second-order valence-corrected chi connectivity index (χ2v) is 7.74. The van der Waals surface area contributed by atoms with Gasteiger partial charge in [0.2, 0.25) is 0 Å². The smallest absolute Gasteiger partial charge is 0.193 e. The molecule has 4 nitrogen and oxygen atoms in total. The Labute approximate surface area is 134 Å². The molecule has 1 saturated heterocycles. The van der Waals surface area contributed by atoms with Crippen molar-refractivity contribution in [1.82, 2.24) is 19.6 Å². The summed E-state index contributed by atoms with van der Waals surface area (Å²) in [5.41, 5.74) is 1.21. The maximum absolute atomic E-state index is 4.76. The summed E-state index contributed by atoms with van der Waals surface area (Å²) in [7, 11) is 2.26. The number of imidazole rings is 1. The highest BCUT2D eigenvalue weighted by molar-refractivity contribution is 7.99. The third-order valence-corrected chi connectivity index (χ3v) is 5.96. The molecule has 2 aromatic heterocycles. The van der Waals surface area contributed by atoms with Crippen molar-refractivity contribution in [3.63, 3.8) is 0 Å². The van der Waals surface area contributed by atoms with Gasteiger partial charge in [0.05, 0.1) is 5.69 Å². The van der Waals surface area contributed by atoms with Crippen molar-refractivity contribution in [3.05, 3.63) is 23.5 Å². The van der Waals surface area contributed by atoms with E-state index in [2.05, 4.69) is 58.1 Å². The molecule has 0 amide bonds. The highest BCUT2D eigenvalue weighted by Crippen LogP contribution is 2.20. The molecule has 0 bridgehead atoms. The van der Waals surface area contributed by atoms with Gasteiger partial charge in [-0.25, -0.2) is 4.98 Å². The quantitative estimate of drug-likeness (QED) is 0.884. The van der Waals surface area contributed by atoms with E-state index >= 15 is 0 Å². The maximum atomic E-state index is 4.76. The largest absolute Gasteiger partial charge is 0.312 e. The van der Waals surface area contributed by atoms with Crippen molar-refractivity contribution < 1.29 is 0 Å². The minimum absolute atomic E-state index is 0.493. The molecule has 2 unspecified atom stereocenters. The van der Waals surface area contributed by atoms with Crippen LogP contribution >= 0.6 is 23.1 Å². The monoisotopic (exact) mass is 324 g/mol. The van der Waals surface area contributed by atoms with Crippen LogP contribution in [0.3, 0.4) is 0 Å². The predicted octanol–water partition coefficient (Wildman–Crippen LogP) is 2.35. The van der Waals surface area contributed by atoms with Gasteiger partial charge in [-0.3, -0.25) is 4.40 Å². The van der Waals surface area contributed by atoms with Crippen molar-refractivity contribution >= 4 is 28.1 Å². The zero-order valence-electron chi connectivity index (χ0n) is 12.8. The lowest BCUT2D eigenvalue weighted by Crippen LogP contribution is -2.53. The molecule has 6 heteroatoms. The number of likely N-dealkylation sites (N-methyl/N-ethyl adjacent to an activating group) is 1. The SMILES string of the molecule is CCCNC(Cc1cn2ccsc2n1)C1CSCCN1C. The first-order valence-electron chi connectivity index (χ1n) is 7.70. The van der Waals surface area contributed by atoms with E-state index in [0.29, 0.717) is 12.1 Å². The Morgan fingerprint density at radius 3 is 3.19 bits per heavy atom. The highest BCUT2D eigenvalue weighted by atomic mass is 32.2. The molecule has 2 atom stereocenters. The number of thioether (sulfide) groups is 1. The molecule has 2 aromatic rings. The summed E-state index contributed by atoms with van der Waals surface area (Å²) >= 11 is 3.79. The van der Waals surface area contributed by atoms with Crippen molar-refractivity contribution in [2.75, 3.05) is 31.6 Å². The molecular formula is C15H24N4S2. The first kappa shape index (κ1) is 15.3. The van der Waals surface area contributed by atoms with Crippen LogP contribution in [-0.4, -0.2) is 58.0 Å². The summed E-state index contributed by atoms with van der Waals surface area (Å²) in [6, 6.07) is 1.10. The maximum Gasteiger partial charge on any atom is 0.193 e. The predicted molar refractivity (Wildman–Crippen MR) is 92.6 cm³/mol. The van der Waals surface area contributed by atoms with Crippen LogP contribution in [0.4, 0.5) is 0 Å². The summed E-state index contributed by atoms with van der Waals surface area (Å²) in [6.45, 7) is 4.51. The van der Waals surface area contributed by atoms with E-state index in [9.17, 15) is 0 Å². The molecule has 116 valence electrons. The number of thiazole rings is 1. The third-order valence-electron chi connectivity index (χ3n) is 4.14. The Morgan fingerprint density at radius 2 is 2.43 bits per heavy atom. The Hall–Kier alpha value is -0.560. The number of nitrogens with zero attached hydrogens (tertiary/aromatic N) is 3. The summed E-state index contributed by atoms with van der Waals surface area (Å²) in [6.07, 6.45) is 6.47. The highest BCUT2D eigenvalue weighted by Gasteiger charge is 2.28. The van der Waals surface area contributed by atoms with Crippen LogP contribution in [0.2, 0.25) is 0 Å². The lowest BCUT2D eigenvalue weighted by molar-refractivity contribution is 0.213. The fourth-order valence-corrected chi connectivity index (χ4v) is 4.93. The van der Waals surface area contributed by atoms with Gasteiger partial charge in [-0.2, -0.15) is 11.8 Å². The van der Waals surface area contributed by atoms with Gasteiger partial charge in [0.15, 0.2) is 4.96 Å². The molecule has 1 aliphatic rings. The lowest BCUT2D eigenvalue weighted by atomic mass is 10.0. The first-order chi connectivity index (χ1) is 10.3. The molecule has 0 spiro atoms. The van der Waals surface area contributed by atoms with Crippen molar-refractivity contribution in [2.45, 2.75) is 31.8 Å². The molecule has 0 radical (unpaired) electrons. The minimum atomic E-state index is 0.493. The van der Waals surface area contributed by atoms with Gasteiger partial charge < -0.3 is 10.2 Å². The number of nitrogens with one attached hydrogen (secondary N) is 1. The van der Waals surface area contributed by atoms with Crippen LogP contribution in [-0.2, 0) is 6.42 Å². The topological polar surface area (TPSA) is 32.6 Å². The lowest BCUT2D eigenvalue weighted by Gasteiger charge is -2.38. The van der Waals surface area contributed by atoms with Crippen LogP contribution in [0.5, 0.6) is 0 Å². The summed E-state index contributed by atoms with van der Waals surface area (Å²) in [4.78, 5) is 8.38. The number of fused-ring (bicyclic) bond motifs is 1. The van der Waals surface area contributed by atoms with E-state index in [1.807, 2.05) is 0 Å². The molecule has 21 heavy (non-hydrogen) atoms. The van der Waals surface area contributed by atoms with Crippen LogP contribution in [0.1, 0.15) is 19.0 Å². The standard InChI is InChI=1S/C15H24N4S2/c1-3-4-16-13(14-11-20-7-5-18(14)2)9-12-10-19-6-8-21-15(19)17-12/h6,8,10,13-14,16H,3-5,7,9,11H2,1-2H3. The van der Waals surface area contributed by atoms with E-state index in [0.717, 1.165) is 17.9 Å². The fourth-order valence-electron chi connectivity index (χ4n) is 2.90.